The molecule has 0 spiro atoms. The monoisotopic (exact) mass is 366 g/mol. The molecule has 1 aromatic heterocycles. The minimum Gasteiger partial charge on any atom is -0.334 e. The van der Waals surface area contributed by atoms with E-state index in [1.165, 1.54) is 5.56 Å². The fourth-order valence-electron chi connectivity index (χ4n) is 3.46. The van der Waals surface area contributed by atoms with Crippen LogP contribution in [0.3, 0.4) is 0 Å². The van der Waals surface area contributed by atoms with E-state index in [0.717, 1.165) is 41.9 Å². The molecular formula is C21H26N4O2. The van der Waals surface area contributed by atoms with Gasteiger partial charge in [0.15, 0.2) is 0 Å². The lowest BCUT2D eigenvalue weighted by atomic mass is 10.1. The molecule has 1 aliphatic rings. The third-order valence-corrected chi connectivity index (χ3v) is 4.97. The van der Waals surface area contributed by atoms with Crippen molar-refractivity contribution >= 4 is 18.0 Å². The van der Waals surface area contributed by atoms with E-state index >= 15 is 0 Å². The van der Waals surface area contributed by atoms with Crippen molar-refractivity contribution in [3.8, 4) is 5.69 Å². The van der Waals surface area contributed by atoms with Crippen LogP contribution < -0.4 is 5.43 Å². The Kier molecular flexibility index (Phi) is 5.74. The molecule has 1 aliphatic heterocycles. The Morgan fingerprint density at radius 2 is 1.70 bits per heavy atom. The largest absolute Gasteiger partial charge is 0.334 e. The summed E-state index contributed by atoms with van der Waals surface area (Å²) in [6.07, 6.45) is 4.61. The summed E-state index contributed by atoms with van der Waals surface area (Å²) in [4.78, 5) is 25.7. The quantitative estimate of drug-likeness (QED) is 0.516. The van der Waals surface area contributed by atoms with E-state index in [4.69, 9.17) is 0 Å². The van der Waals surface area contributed by atoms with Gasteiger partial charge in [0, 0.05) is 35.7 Å². The second kappa shape index (κ2) is 8.20. The number of carbonyl (C=O) groups excluding carboxylic acids is 2. The van der Waals surface area contributed by atoms with Crippen molar-refractivity contribution < 1.29 is 9.59 Å². The van der Waals surface area contributed by atoms with Gasteiger partial charge in [0.2, 0.25) is 0 Å². The van der Waals surface area contributed by atoms with E-state index in [-0.39, 0.29) is 0 Å². The molecule has 6 heteroatoms. The van der Waals surface area contributed by atoms with Gasteiger partial charge in [0.05, 0.1) is 6.21 Å². The first-order chi connectivity index (χ1) is 13.0. The van der Waals surface area contributed by atoms with Crippen LogP contribution >= 0.6 is 0 Å². The minimum atomic E-state index is -0.680. The molecule has 2 heterocycles. The summed E-state index contributed by atoms with van der Waals surface area (Å²) in [5.74, 6) is -1.18. The van der Waals surface area contributed by atoms with Gasteiger partial charge in [-0.05, 0) is 58.2 Å². The molecule has 1 saturated heterocycles. The third-order valence-electron chi connectivity index (χ3n) is 4.97. The molecule has 2 aromatic rings. The van der Waals surface area contributed by atoms with Gasteiger partial charge >= 0.3 is 11.8 Å². The number of hydrogen-bond donors (Lipinski definition) is 1. The average molecular weight is 366 g/mol. The lowest BCUT2D eigenvalue weighted by molar-refractivity contribution is -0.146. The van der Waals surface area contributed by atoms with Gasteiger partial charge in [-0.15, -0.1) is 0 Å². The number of hydrogen-bond acceptors (Lipinski definition) is 3. The second-order valence-corrected chi connectivity index (χ2v) is 7.05. The molecule has 0 atom stereocenters. The molecule has 2 amide bonds. The zero-order chi connectivity index (χ0) is 19.4. The normalized spacial score (nSPS) is 14.6. The average Bonchev–Trinajstić information content (AvgIpc) is 2.96. The van der Waals surface area contributed by atoms with E-state index < -0.39 is 11.8 Å². The number of nitrogens with zero attached hydrogens (tertiary/aromatic N) is 3. The summed E-state index contributed by atoms with van der Waals surface area (Å²) in [6.45, 7) is 7.39. The fraction of sp³-hybridized carbons (Fsp3) is 0.381. The number of carbonyl (C=O) groups is 2. The molecule has 1 N–H and O–H groups in total. The van der Waals surface area contributed by atoms with Gasteiger partial charge in [-0.3, -0.25) is 9.59 Å². The highest BCUT2D eigenvalue weighted by Gasteiger charge is 2.22. The van der Waals surface area contributed by atoms with Crippen LogP contribution in [0.25, 0.3) is 5.69 Å². The highest BCUT2D eigenvalue weighted by atomic mass is 16.2. The van der Waals surface area contributed by atoms with Crippen molar-refractivity contribution in [2.75, 3.05) is 13.1 Å². The van der Waals surface area contributed by atoms with Crippen LogP contribution in [0.4, 0.5) is 0 Å². The Hall–Kier alpha value is -2.89. The van der Waals surface area contributed by atoms with Crippen molar-refractivity contribution in [3.63, 3.8) is 0 Å². The molecule has 3 rings (SSSR count). The Balaban J connectivity index is 1.68. The number of rotatable bonds is 3. The Morgan fingerprint density at radius 1 is 1.04 bits per heavy atom. The van der Waals surface area contributed by atoms with Gasteiger partial charge < -0.3 is 9.47 Å². The van der Waals surface area contributed by atoms with E-state index in [2.05, 4.69) is 46.3 Å². The summed E-state index contributed by atoms with van der Waals surface area (Å²) >= 11 is 0. The first kappa shape index (κ1) is 18.9. The zero-order valence-corrected chi connectivity index (χ0v) is 16.2. The van der Waals surface area contributed by atoms with Crippen LogP contribution in [-0.2, 0) is 9.59 Å². The Bertz CT molecular complexity index is 859. The number of aryl methyl sites for hydroxylation is 2. The SMILES string of the molecule is Cc1ccc(-n2c(C)cc(C=NNC(=O)C(=O)N3CCCCC3)c2C)cc1. The van der Waals surface area contributed by atoms with Crippen LogP contribution in [0.5, 0.6) is 0 Å². The molecule has 0 bridgehead atoms. The standard InChI is InChI=1S/C21H26N4O2/c1-15-7-9-19(10-8-15)25-16(2)13-18(17(25)3)14-22-23-20(26)21(27)24-11-5-4-6-12-24/h7-10,13-14H,4-6,11-12H2,1-3H3,(H,23,26). The summed E-state index contributed by atoms with van der Waals surface area (Å²) in [6, 6.07) is 10.3. The minimum absolute atomic E-state index is 0.503. The highest BCUT2D eigenvalue weighted by Crippen LogP contribution is 2.20. The molecule has 0 unspecified atom stereocenters. The lowest BCUT2D eigenvalue weighted by Crippen LogP contribution is -2.43. The fourth-order valence-corrected chi connectivity index (χ4v) is 3.46. The number of benzene rings is 1. The highest BCUT2D eigenvalue weighted by molar-refractivity contribution is 6.35. The molecule has 0 aliphatic carbocycles. The van der Waals surface area contributed by atoms with Crippen molar-refractivity contribution in [1.29, 1.82) is 0 Å². The van der Waals surface area contributed by atoms with Gasteiger partial charge in [0.1, 0.15) is 0 Å². The Morgan fingerprint density at radius 3 is 2.37 bits per heavy atom. The topological polar surface area (TPSA) is 66.7 Å². The van der Waals surface area contributed by atoms with Gasteiger partial charge in [0.25, 0.3) is 0 Å². The maximum absolute atomic E-state index is 12.1. The van der Waals surface area contributed by atoms with E-state index in [0.29, 0.717) is 13.1 Å². The molecule has 0 saturated carbocycles. The third kappa shape index (κ3) is 4.27. The van der Waals surface area contributed by atoms with Crippen LogP contribution in [-0.4, -0.2) is 40.6 Å². The van der Waals surface area contributed by atoms with Crippen molar-refractivity contribution in [3.05, 3.63) is 52.8 Å². The second-order valence-electron chi connectivity index (χ2n) is 7.05. The van der Waals surface area contributed by atoms with Crippen LogP contribution in [0.15, 0.2) is 35.4 Å². The van der Waals surface area contributed by atoms with E-state index in [1.807, 2.05) is 19.9 Å². The summed E-state index contributed by atoms with van der Waals surface area (Å²) in [5.41, 5.74) is 7.66. The van der Waals surface area contributed by atoms with Crippen LogP contribution in [0.2, 0.25) is 0 Å². The summed E-state index contributed by atoms with van der Waals surface area (Å²) < 4.78 is 2.14. The molecule has 1 aromatic carbocycles. The van der Waals surface area contributed by atoms with Gasteiger partial charge in [-0.2, -0.15) is 5.10 Å². The Labute approximate surface area is 159 Å². The lowest BCUT2D eigenvalue weighted by Gasteiger charge is -2.25. The van der Waals surface area contributed by atoms with E-state index in [1.54, 1.807) is 11.1 Å². The summed E-state index contributed by atoms with van der Waals surface area (Å²) in [5, 5.41) is 4.00. The number of amides is 2. The molecule has 142 valence electrons. The van der Waals surface area contributed by atoms with E-state index in [9.17, 15) is 9.59 Å². The van der Waals surface area contributed by atoms with Crippen LogP contribution in [0, 0.1) is 20.8 Å². The van der Waals surface area contributed by atoms with Crippen molar-refractivity contribution in [1.82, 2.24) is 14.9 Å². The predicted octanol–water partition coefficient (Wildman–Crippen LogP) is 2.87. The first-order valence-electron chi connectivity index (χ1n) is 9.35. The number of aromatic nitrogens is 1. The maximum Gasteiger partial charge on any atom is 0.329 e. The van der Waals surface area contributed by atoms with Crippen molar-refractivity contribution in [2.45, 2.75) is 40.0 Å². The smallest absolute Gasteiger partial charge is 0.329 e. The van der Waals surface area contributed by atoms with Gasteiger partial charge in [-0.1, -0.05) is 17.7 Å². The molecule has 27 heavy (non-hydrogen) atoms. The number of piperidine rings is 1. The molecular weight excluding hydrogens is 340 g/mol. The van der Waals surface area contributed by atoms with Gasteiger partial charge in [-0.25, -0.2) is 5.43 Å². The number of likely N-dealkylation sites (tertiary alicyclic amines) is 1. The predicted molar refractivity (Wildman–Crippen MR) is 106 cm³/mol. The van der Waals surface area contributed by atoms with Crippen molar-refractivity contribution in [2.24, 2.45) is 5.10 Å². The zero-order valence-electron chi connectivity index (χ0n) is 16.2. The van der Waals surface area contributed by atoms with Crippen LogP contribution in [0.1, 0.15) is 41.8 Å². The molecule has 1 fully saturated rings. The first-order valence-corrected chi connectivity index (χ1v) is 9.35. The maximum atomic E-state index is 12.1. The summed E-state index contributed by atoms with van der Waals surface area (Å²) in [7, 11) is 0. The number of nitrogens with one attached hydrogen (secondary N) is 1. The molecule has 0 radical (unpaired) electrons. The number of hydrazone groups is 1. The molecule has 6 nitrogen and oxygen atoms in total.